The number of aromatic nitrogens is 2. The first kappa shape index (κ1) is 11.1. The summed E-state index contributed by atoms with van der Waals surface area (Å²) < 4.78 is 0. The van der Waals surface area contributed by atoms with Gasteiger partial charge in [-0.05, 0) is 26.9 Å². The first-order valence-corrected chi connectivity index (χ1v) is 5.63. The van der Waals surface area contributed by atoms with Gasteiger partial charge in [-0.2, -0.15) is 0 Å². The summed E-state index contributed by atoms with van der Waals surface area (Å²) in [6.45, 7) is 1.94. The number of anilines is 1. The number of nitrogens with zero attached hydrogens (tertiary/aromatic N) is 3. The molecule has 16 heavy (non-hydrogen) atoms. The van der Waals surface area contributed by atoms with Crippen LogP contribution in [0.1, 0.15) is 12.8 Å². The molecule has 0 aromatic carbocycles. The van der Waals surface area contributed by atoms with E-state index in [1.54, 1.807) is 6.07 Å². The van der Waals surface area contributed by atoms with Crippen molar-refractivity contribution in [3.05, 3.63) is 22.7 Å². The molecule has 2 rings (SSSR count). The van der Waals surface area contributed by atoms with Crippen molar-refractivity contribution in [3.8, 4) is 0 Å². The Bertz CT molecular complexity index is 393. The minimum atomic E-state index is -0.0836. The highest BCUT2D eigenvalue weighted by atomic mass is 16.1. The maximum Gasteiger partial charge on any atom is 0.252 e. The highest BCUT2D eigenvalue weighted by Crippen LogP contribution is 2.18. The first-order chi connectivity index (χ1) is 7.66. The fraction of sp³-hybridized carbons (Fsp3) is 0.636. The van der Waals surface area contributed by atoms with Gasteiger partial charge in [0.2, 0.25) is 0 Å². The van der Waals surface area contributed by atoms with Crippen LogP contribution in [0.5, 0.6) is 0 Å². The largest absolute Gasteiger partial charge is 0.356 e. The predicted molar refractivity (Wildman–Crippen MR) is 63.8 cm³/mol. The summed E-state index contributed by atoms with van der Waals surface area (Å²) in [6, 6.07) is 2.22. The van der Waals surface area contributed by atoms with Crippen molar-refractivity contribution < 1.29 is 0 Å². The van der Waals surface area contributed by atoms with Crippen molar-refractivity contribution in [2.75, 3.05) is 32.1 Å². The lowest BCUT2D eigenvalue weighted by Gasteiger charge is -2.35. The second-order valence-electron chi connectivity index (χ2n) is 4.45. The van der Waals surface area contributed by atoms with Gasteiger partial charge in [0.15, 0.2) is 0 Å². The van der Waals surface area contributed by atoms with Gasteiger partial charge < -0.3 is 14.8 Å². The van der Waals surface area contributed by atoms with Gasteiger partial charge in [-0.15, -0.1) is 0 Å². The maximum atomic E-state index is 11.2. The van der Waals surface area contributed by atoms with Crippen LogP contribution in [0.3, 0.4) is 0 Å². The lowest BCUT2D eigenvalue weighted by molar-refractivity contribution is 0.249. The molecule has 5 nitrogen and oxygen atoms in total. The van der Waals surface area contributed by atoms with Crippen molar-refractivity contribution in [1.82, 2.24) is 14.9 Å². The zero-order valence-corrected chi connectivity index (χ0v) is 9.81. The minimum Gasteiger partial charge on any atom is -0.356 e. The average molecular weight is 222 g/mol. The Morgan fingerprint density at radius 3 is 2.69 bits per heavy atom. The van der Waals surface area contributed by atoms with Crippen LogP contribution in [0.2, 0.25) is 0 Å². The molecule has 1 saturated heterocycles. The summed E-state index contributed by atoms with van der Waals surface area (Å²) in [6.07, 6.45) is 3.72. The Morgan fingerprint density at radius 2 is 2.12 bits per heavy atom. The van der Waals surface area contributed by atoms with Crippen LogP contribution in [-0.4, -0.2) is 48.1 Å². The summed E-state index contributed by atoms with van der Waals surface area (Å²) >= 11 is 0. The normalized spacial score (nSPS) is 18.1. The van der Waals surface area contributed by atoms with Crippen LogP contribution >= 0.6 is 0 Å². The number of piperidine rings is 1. The number of rotatable bonds is 2. The van der Waals surface area contributed by atoms with E-state index < -0.39 is 0 Å². The summed E-state index contributed by atoms with van der Waals surface area (Å²) in [5.74, 6) is 0.793. The highest BCUT2D eigenvalue weighted by Gasteiger charge is 2.21. The van der Waals surface area contributed by atoms with Gasteiger partial charge in [-0.25, -0.2) is 4.98 Å². The third-order valence-electron chi connectivity index (χ3n) is 3.18. The molecule has 1 aliphatic heterocycles. The molecule has 0 unspecified atom stereocenters. The summed E-state index contributed by atoms with van der Waals surface area (Å²) in [5, 5.41) is 0. The van der Waals surface area contributed by atoms with E-state index in [0.717, 1.165) is 31.7 Å². The quantitative estimate of drug-likeness (QED) is 0.782. The molecule has 0 saturated carbocycles. The number of hydrogen-bond acceptors (Lipinski definition) is 4. The van der Waals surface area contributed by atoms with Crippen LogP contribution in [0, 0.1) is 0 Å². The Balaban J connectivity index is 2.02. The van der Waals surface area contributed by atoms with Gasteiger partial charge in [0, 0.05) is 25.2 Å². The number of hydrogen-bond donors (Lipinski definition) is 1. The second-order valence-corrected chi connectivity index (χ2v) is 4.45. The van der Waals surface area contributed by atoms with E-state index in [1.165, 1.54) is 6.33 Å². The highest BCUT2D eigenvalue weighted by molar-refractivity contribution is 5.36. The second kappa shape index (κ2) is 4.65. The molecule has 88 valence electrons. The summed E-state index contributed by atoms with van der Waals surface area (Å²) in [5.41, 5.74) is -0.0836. The summed E-state index contributed by atoms with van der Waals surface area (Å²) in [4.78, 5) is 22.3. The lowest BCUT2D eigenvalue weighted by atomic mass is 10.0. The number of H-pyrrole nitrogens is 1. The fourth-order valence-corrected chi connectivity index (χ4v) is 2.14. The molecule has 5 heteroatoms. The topological polar surface area (TPSA) is 52.2 Å². The molecule has 0 bridgehead atoms. The van der Waals surface area contributed by atoms with E-state index in [0.29, 0.717) is 6.04 Å². The molecule has 1 aromatic heterocycles. The monoisotopic (exact) mass is 222 g/mol. The third kappa shape index (κ3) is 2.41. The van der Waals surface area contributed by atoms with Gasteiger partial charge in [0.1, 0.15) is 5.82 Å². The van der Waals surface area contributed by atoms with Crippen molar-refractivity contribution in [3.63, 3.8) is 0 Å². The van der Waals surface area contributed by atoms with E-state index in [9.17, 15) is 4.79 Å². The molecule has 1 aliphatic rings. The molecule has 2 heterocycles. The standard InChI is InChI=1S/C11H18N4O/c1-14(2)9-3-5-15(6-4-9)10-7-11(16)13-8-12-10/h7-9H,3-6H2,1-2H3,(H,12,13,16). The Labute approximate surface area is 95.1 Å². The van der Waals surface area contributed by atoms with Crippen LogP contribution in [0.4, 0.5) is 5.82 Å². The van der Waals surface area contributed by atoms with Gasteiger partial charge in [-0.3, -0.25) is 4.79 Å². The smallest absolute Gasteiger partial charge is 0.252 e. The lowest BCUT2D eigenvalue weighted by Crippen LogP contribution is -2.42. The molecule has 0 atom stereocenters. The molecule has 0 aliphatic carbocycles. The van der Waals surface area contributed by atoms with Gasteiger partial charge in [-0.1, -0.05) is 0 Å². The van der Waals surface area contributed by atoms with Crippen molar-refractivity contribution >= 4 is 5.82 Å². The number of aromatic amines is 1. The van der Waals surface area contributed by atoms with Gasteiger partial charge in [0.05, 0.1) is 6.33 Å². The van der Waals surface area contributed by atoms with Gasteiger partial charge >= 0.3 is 0 Å². The first-order valence-electron chi connectivity index (χ1n) is 5.63. The van der Waals surface area contributed by atoms with Gasteiger partial charge in [0.25, 0.3) is 5.56 Å². The van der Waals surface area contributed by atoms with E-state index in [4.69, 9.17) is 0 Å². The van der Waals surface area contributed by atoms with E-state index >= 15 is 0 Å². The van der Waals surface area contributed by atoms with E-state index in [-0.39, 0.29) is 5.56 Å². The fourth-order valence-electron chi connectivity index (χ4n) is 2.14. The molecular formula is C11H18N4O. The van der Waals surface area contributed by atoms with Crippen molar-refractivity contribution in [2.24, 2.45) is 0 Å². The predicted octanol–water partition coefficient (Wildman–Crippen LogP) is 0.300. The van der Waals surface area contributed by atoms with E-state index in [1.807, 2.05) is 0 Å². The maximum absolute atomic E-state index is 11.2. The summed E-state index contributed by atoms with van der Waals surface area (Å²) in [7, 11) is 4.23. The Hall–Kier alpha value is -1.36. The molecule has 1 N–H and O–H groups in total. The Morgan fingerprint density at radius 1 is 1.44 bits per heavy atom. The zero-order valence-electron chi connectivity index (χ0n) is 9.81. The van der Waals surface area contributed by atoms with Crippen LogP contribution in [0.25, 0.3) is 0 Å². The zero-order chi connectivity index (χ0) is 11.5. The SMILES string of the molecule is CN(C)C1CCN(c2cc(=O)[nH]cn2)CC1. The van der Waals surface area contributed by atoms with Crippen LogP contribution < -0.4 is 10.5 Å². The minimum absolute atomic E-state index is 0.0836. The number of nitrogens with one attached hydrogen (secondary N) is 1. The average Bonchev–Trinajstić information content (AvgIpc) is 2.29. The Kier molecular flexibility index (Phi) is 3.24. The van der Waals surface area contributed by atoms with Crippen molar-refractivity contribution in [2.45, 2.75) is 18.9 Å². The molecule has 0 radical (unpaired) electrons. The van der Waals surface area contributed by atoms with Crippen molar-refractivity contribution in [1.29, 1.82) is 0 Å². The molecule has 1 fully saturated rings. The molecule has 0 amide bonds. The van der Waals surface area contributed by atoms with E-state index in [2.05, 4.69) is 33.9 Å². The molecule has 1 aromatic rings. The molecule has 0 spiro atoms. The molecular weight excluding hydrogens is 204 g/mol. The third-order valence-corrected chi connectivity index (χ3v) is 3.18. The van der Waals surface area contributed by atoms with Crippen LogP contribution in [0.15, 0.2) is 17.2 Å². The van der Waals surface area contributed by atoms with Crippen LogP contribution in [-0.2, 0) is 0 Å².